The van der Waals surface area contributed by atoms with Crippen LogP contribution in [0.4, 0.5) is 0 Å². The first-order valence-corrected chi connectivity index (χ1v) is 12.0. The Balaban J connectivity index is 1.64. The van der Waals surface area contributed by atoms with Crippen molar-refractivity contribution in [2.24, 2.45) is 11.5 Å². The van der Waals surface area contributed by atoms with Gasteiger partial charge in [0.15, 0.2) is 22.2 Å². The zero-order valence-corrected chi connectivity index (χ0v) is 19.1. The summed E-state index contributed by atoms with van der Waals surface area (Å²) >= 11 is 3.18. The average molecular weight is 463 g/mol. The number of guanidine groups is 2. The van der Waals surface area contributed by atoms with Crippen LogP contribution < -0.4 is 11.5 Å². The van der Waals surface area contributed by atoms with Crippen LogP contribution >= 0.6 is 23.5 Å². The van der Waals surface area contributed by atoms with E-state index in [2.05, 4.69) is 19.9 Å². The van der Waals surface area contributed by atoms with Crippen LogP contribution in [0, 0.1) is 10.8 Å². The molecule has 0 aliphatic heterocycles. The Morgan fingerprint density at radius 3 is 1.39 bits per heavy atom. The Bertz CT molecular complexity index is 712. The summed E-state index contributed by atoms with van der Waals surface area (Å²) in [5.74, 6) is 1.84. The van der Waals surface area contributed by atoms with Gasteiger partial charge in [0.1, 0.15) is 0 Å². The second-order valence-corrected chi connectivity index (χ2v) is 8.69. The molecule has 0 spiro atoms. The second kappa shape index (κ2) is 14.4. The van der Waals surface area contributed by atoms with Crippen LogP contribution in [0.15, 0.2) is 47.2 Å². The lowest BCUT2D eigenvalue weighted by Gasteiger charge is -2.26. The van der Waals surface area contributed by atoms with Gasteiger partial charge in [0, 0.05) is 62.5 Å². The molecular weight excluding hydrogens is 432 g/mol. The van der Waals surface area contributed by atoms with Crippen LogP contribution in [0.25, 0.3) is 0 Å². The normalized spacial score (nSPS) is 10.6. The highest BCUT2D eigenvalue weighted by Gasteiger charge is 2.10. The second-order valence-electron chi connectivity index (χ2n) is 6.56. The predicted molar refractivity (Wildman–Crippen MR) is 126 cm³/mol. The largest absolute Gasteiger partial charge is 0.370 e. The van der Waals surface area contributed by atoms with Crippen molar-refractivity contribution in [3.63, 3.8) is 0 Å². The minimum atomic E-state index is 0.0644. The zero-order valence-electron chi connectivity index (χ0n) is 17.5. The summed E-state index contributed by atoms with van der Waals surface area (Å²) in [5, 5.41) is 17.1. The molecule has 6 N–H and O–H groups in total. The van der Waals surface area contributed by atoms with Crippen LogP contribution in [0.5, 0.6) is 0 Å². The summed E-state index contributed by atoms with van der Waals surface area (Å²) in [6.07, 6.45) is 9.43. The van der Waals surface area contributed by atoms with Gasteiger partial charge in [0.05, 0.1) is 0 Å². The van der Waals surface area contributed by atoms with Crippen LogP contribution in [0.1, 0.15) is 19.3 Å². The third kappa shape index (κ3) is 10.3. The van der Waals surface area contributed by atoms with E-state index < -0.39 is 0 Å². The third-order valence-electron chi connectivity index (χ3n) is 4.23. The van der Waals surface area contributed by atoms with E-state index in [1.807, 2.05) is 9.80 Å². The van der Waals surface area contributed by atoms with E-state index >= 15 is 0 Å². The van der Waals surface area contributed by atoms with Gasteiger partial charge in [-0.2, -0.15) is 0 Å². The highest BCUT2D eigenvalue weighted by Crippen LogP contribution is 2.13. The number of nitrogens with one attached hydrogen (secondary N) is 2. The van der Waals surface area contributed by atoms with Crippen LogP contribution in [0.3, 0.4) is 0 Å². The molecule has 0 radical (unpaired) electrons. The lowest BCUT2D eigenvalue weighted by atomic mass is 10.3. The monoisotopic (exact) mass is 462 g/mol. The van der Waals surface area contributed by atoms with Crippen LogP contribution in [-0.4, -0.2) is 79.3 Å². The molecule has 168 valence electrons. The lowest BCUT2D eigenvalue weighted by Crippen LogP contribution is -2.42. The summed E-state index contributed by atoms with van der Waals surface area (Å²) < 4.78 is 0. The molecule has 10 nitrogen and oxygen atoms in total. The summed E-state index contributed by atoms with van der Waals surface area (Å²) in [5.41, 5.74) is 11.5. The van der Waals surface area contributed by atoms with Gasteiger partial charge in [-0.1, -0.05) is 23.5 Å². The summed E-state index contributed by atoms with van der Waals surface area (Å²) in [4.78, 5) is 20.5. The topological polar surface area (TPSA) is 158 Å². The maximum absolute atomic E-state index is 7.82. The van der Waals surface area contributed by atoms with Crippen molar-refractivity contribution in [3.8, 4) is 0 Å². The summed E-state index contributed by atoms with van der Waals surface area (Å²) in [6, 6.07) is 3.59. The standard InChI is InChI=1S/C19H30N10S2/c20-16(21)28(12-4-14-30-18-24-6-1-7-25-18)10-3-11-29(17(22)23)13-5-15-31-19-26-8-2-9-27-19/h1-2,6-9H,3-5,10-15H2,(H3,20,21)(H3,22,23). The molecule has 0 aromatic carbocycles. The number of hydrogen-bond acceptors (Lipinski definition) is 8. The van der Waals surface area contributed by atoms with Crippen molar-refractivity contribution in [3.05, 3.63) is 36.9 Å². The maximum atomic E-state index is 7.82. The first-order valence-electron chi connectivity index (χ1n) is 10.0. The van der Waals surface area contributed by atoms with E-state index in [1.165, 1.54) is 0 Å². The number of rotatable bonds is 14. The van der Waals surface area contributed by atoms with Crippen molar-refractivity contribution >= 4 is 35.4 Å². The molecule has 2 aromatic heterocycles. The molecule has 0 saturated heterocycles. The third-order valence-corrected chi connectivity index (χ3v) is 6.15. The van der Waals surface area contributed by atoms with Crippen LogP contribution in [-0.2, 0) is 0 Å². The van der Waals surface area contributed by atoms with Gasteiger partial charge in [-0.15, -0.1) is 0 Å². The van der Waals surface area contributed by atoms with Crippen molar-refractivity contribution in [2.75, 3.05) is 37.7 Å². The molecule has 0 unspecified atom stereocenters. The fraction of sp³-hybridized carbons (Fsp3) is 0.474. The highest BCUT2D eigenvalue weighted by molar-refractivity contribution is 7.99. The van der Waals surface area contributed by atoms with E-state index in [0.29, 0.717) is 26.2 Å². The van der Waals surface area contributed by atoms with Gasteiger partial charge in [-0.3, -0.25) is 10.8 Å². The minimum Gasteiger partial charge on any atom is -0.370 e. The number of nitrogens with zero attached hydrogens (tertiary/aromatic N) is 6. The first kappa shape index (κ1) is 24.7. The molecule has 0 saturated carbocycles. The van der Waals surface area contributed by atoms with Crippen LogP contribution in [0.2, 0.25) is 0 Å². The minimum absolute atomic E-state index is 0.0644. The Kier molecular flexibility index (Phi) is 11.5. The Morgan fingerprint density at radius 2 is 1.03 bits per heavy atom. The van der Waals surface area contributed by atoms with Crippen molar-refractivity contribution < 1.29 is 0 Å². The molecule has 0 aliphatic carbocycles. The number of nitrogens with two attached hydrogens (primary N) is 2. The van der Waals surface area contributed by atoms with Gasteiger partial charge >= 0.3 is 0 Å². The number of hydrogen-bond donors (Lipinski definition) is 4. The van der Waals surface area contributed by atoms with Gasteiger partial charge in [0.2, 0.25) is 0 Å². The van der Waals surface area contributed by atoms with Gasteiger partial charge in [-0.25, -0.2) is 19.9 Å². The molecule has 0 amide bonds. The molecule has 31 heavy (non-hydrogen) atoms. The van der Waals surface area contributed by atoms with E-state index in [0.717, 1.165) is 41.1 Å². The molecule has 12 heteroatoms. The molecule has 0 aliphatic rings. The Labute approximate surface area is 191 Å². The van der Waals surface area contributed by atoms with Gasteiger partial charge < -0.3 is 21.3 Å². The fourth-order valence-electron chi connectivity index (χ4n) is 2.72. The SMILES string of the molecule is N=C(N)N(CCCSc1ncccn1)CCCN(CCCSc1ncccn1)C(=N)N. The smallest absolute Gasteiger partial charge is 0.188 e. The molecule has 0 bridgehead atoms. The fourth-order valence-corrected chi connectivity index (χ4v) is 4.17. The number of aromatic nitrogens is 4. The Morgan fingerprint density at radius 1 is 0.677 bits per heavy atom. The van der Waals surface area contributed by atoms with E-state index in [-0.39, 0.29) is 11.9 Å². The molecular formula is C19H30N10S2. The van der Waals surface area contributed by atoms with Crippen molar-refractivity contribution in [2.45, 2.75) is 29.6 Å². The van der Waals surface area contributed by atoms with Crippen molar-refractivity contribution in [1.82, 2.24) is 29.7 Å². The quantitative estimate of drug-likeness (QED) is 0.107. The Hall–Kier alpha value is -2.60. The molecule has 2 rings (SSSR count). The summed E-state index contributed by atoms with van der Waals surface area (Å²) in [7, 11) is 0. The highest BCUT2D eigenvalue weighted by atomic mass is 32.2. The van der Waals surface area contributed by atoms with Crippen molar-refractivity contribution in [1.29, 1.82) is 10.8 Å². The van der Waals surface area contributed by atoms with E-state index in [9.17, 15) is 0 Å². The first-order chi connectivity index (χ1) is 15.1. The van der Waals surface area contributed by atoms with E-state index in [1.54, 1.807) is 60.4 Å². The maximum Gasteiger partial charge on any atom is 0.188 e. The summed E-state index contributed by atoms with van der Waals surface area (Å²) in [6.45, 7) is 2.70. The molecule has 0 fully saturated rings. The van der Waals surface area contributed by atoms with E-state index in [4.69, 9.17) is 22.3 Å². The predicted octanol–water partition coefficient (Wildman–Crippen LogP) is 1.71. The number of thioether (sulfide) groups is 2. The molecule has 0 atom stereocenters. The molecule has 2 heterocycles. The molecule has 2 aromatic rings. The average Bonchev–Trinajstić information content (AvgIpc) is 2.77. The van der Waals surface area contributed by atoms with Gasteiger partial charge in [-0.05, 0) is 31.4 Å². The lowest BCUT2D eigenvalue weighted by molar-refractivity contribution is 0.349. The zero-order chi connectivity index (χ0) is 22.3. The van der Waals surface area contributed by atoms with Gasteiger partial charge in [0.25, 0.3) is 0 Å².